The van der Waals surface area contributed by atoms with E-state index in [1.807, 2.05) is 62.4 Å². The number of para-hydroxylation sites is 2. The Morgan fingerprint density at radius 2 is 1.97 bits per heavy atom. The number of ether oxygens (including phenoxy) is 2. The summed E-state index contributed by atoms with van der Waals surface area (Å²) >= 11 is 3.49. The third kappa shape index (κ3) is 4.52. The van der Waals surface area contributed by atoms with Gasteiger partial charge in [0.2, 0.25) is 5.82 Å². The highest BCUT2D eigenvalue weighted by atomic mass is 79.9. The Morgan fingerprint density at radius 1 is 1.14 bits per heavy atom. The van der Waals surface area contributed by atoms with Crippen molar-refractivity contribution in [3.05, 3.63) is 87.1 Å². The maximum absolute atomic E-state index is 13.5. The van der Waals surface area contributed by atoms with Gasteiger partial charge in [-0.15, -0.1) is 0 Å². The molecule has 0 fully saturated rings. The Kier molecular flexibility index (Phi) is 6.61. The Morgan fingerprint density at radius 3 is 2.78 bits per heavy atom. The van der Waals surface area contributed by atoms with E-state index in [1.54, 1.807) is 31.5 Å². The van der Waals surface area contributed by atoms with Crippen molar-refractivity contribution in [2.75, 3.05) is 7.11 Å². The van der Waals surface area contributed by atoms with Crippen molar-refractivity contribution in [3.63, 3.8) is 0 Å². The van der Waals surface area contributed by atoms with Gasteiger partial charge in [0, 0.05) is 15.4 Å². The topological polar surface area (TPSA) is 78.9 Å². The average Bonchev–Trinajstić information content (AvgIpc) is 3.31. The van der Waals surface area contributed by atoms with Crippen molar-refractivity contribution in [2.24, 2.45) is 5.10 Å². The molecular weight excluding hydrogens is 522 g/mol. The van der Waals surface area contributed by atoms with Crippen molar-refractivity contribution < 1.29 is 13.9 Å². The molecule has 1 atom stereocenters. The van der Waals surface area contributed by atoms with Gasteiger partial charge in [0.05, 0.1) is 30.3 Å². The first kappa shape index (κ1) is 23.8. The molecule has 0 N–H and O–H groups in total. The van der Waals surface area contributed by atoms with E-state index in [9.17, 15) is 4.79 Å². The Bertz CT molecular complexity index is 1650. The largest absolute Gasteiger partial charge is 0.493 e. The normalized spacial score (nSPS) is 12.4. The molecule has 0 radical (unpaired) electrons. The van der Waals surface area contributed by atoms with Crippen LogP contribution in [0.4, 0.5) is 0 Å². The van der Waals surface area contributed by atoms with Crippen LogP contribution in [0.5, 0.6) is 11.5 Å². The highest BCUT2D eigenvalue weighted by Gasteiger charge is 2.17. The molecule has 5 aromatic rings. The first-order valence-corrected chi connectivity index (χ1v) is 12.4. The van der Waals surface area contributed by atoms with Crippen molar-refractivity contribution in [3.8, 4) is 23.1 Å². The maximum atomic E-state index is 13.5. The number of furan rings is 1. The summed E-state index contributed by atoms with van der Waals surface area (Å²) in [4.78, 5) is 18.3. The summed E-state index contributed by atoms with van der Waals surface area (Å²) in [6.07, 6.45) is 2.39. The van der Waals surface area contributed by atoms with Crippen LogP contribution in [0.2, 0.25) is 0 Å². The zero-order chi connectivity index (χ0) is 25.2. The maximum Gasteiger partial charge on any atom is 0.282 e. The molecule has 0 spiro atoms. The number of halogens is 1. The van der Waals surface area contributed by atoms with Crippen LogP contribution in [0, 0.1) is 0 Å². The lowest BCUT2D eigenvalue weighted by Gasteiger charge is -2.17. The predicted molar refractivity (Wildman–Crippen MR) is 145 cm³/mol. The molecule has 36 heavy (non-hydrogen) atoms. The summed E-state index contributed by atoms with van der Waals surface area (Å²) in [5.41, 5.74) is 1.62. The zero-order valence-electron chi connectivity index (χ0n) is 20.1. The van der Waals surface area contributed by atoms with E-state index in [2.05, 4.69) is 21.0 Å². The smallest absolute Gasteiger partial charge is 0.282 e. The Labute approximate surface area is 216 Å². The Balaban J connectivity index is 1.69. The number of aromatic nitrogens is 2. The third-order valence-corrected chi connectivity index (χ3v) is 6.38. The van der Waals surface area contributed by atoms with Gasteiger partial charge >= 0.3 is 0 Å². The van der Waals surface area contributed by atoms with Gasteiger partial charge in [-0.1, -0.05) is 41.1 Å². The van der Waals surface area contributed by atoms with E-state index in [4.69, 9.17) is 18.9 Å². The van der Waals surface area contributed by atoms with E-state index >= 15 is 0 Å². The van der Waals surface area contributed by atoms with E-state index in [0.29, 0.717) is 45.1 Å². The van der Waals surface area contributed by atoms with Crippen LogP contribution in [0.1, 0.15) is 25.8 Å². The van der Waals surface area contributed by atoms with Gasteiger partial charge in [-0.25, -0.2) is 4.98 Å². The molecule has 2 aromatic heterocycles. The molecule has 0 aliphatic rings. The second kappa shape index (κ2) is 9.99. The number of hydrogen-bond donors (Lipinski definition) is 0. The van der Waals surface area contributed by atoms with Gasteiger partial charge in [0.15, 0.2) is 17.3 Å². The minimum Gasteiger partial charge on any atom is -0.493 e. The molecule has 182 valence electrons. The van der Waals surface area contributed by atoms with Gasteiger partial charge in [-0.2, -0.15) is 9.78 Å². The number of rotatable bonds is 7. The molecule has 0 saturated carbocycles. The number of methoxy groups -OCH3 is 1. The second-order valence-electron chi connectivity index (χ2n) is 8.32. The molecule has 0 aliphatic heterocycles. The fourth-order valence-electron chi connectivity index (χ4n) is 3.84. The molecule has 0 aliphatic carbocycles. The van der Waals surface area contributed by atoms with Gasteiger partial charge in [0.25, 0.3) is 5.56 Å². The summed E-state index contributed by atoms with van der Waals surface area (Å²) in [6.45, 7) is 4.04. The number of hydrogen-bond acceptors (Lipinski definition) is 6. The van der Waals surface area contributed by atoms with Crippen molar-refractivity contribution in [1.82, 2.24) is 9.66 Å². The summed E-state index contributed by atoms with van der Waals surface area (Å²) in [5.74, 6) is 1.89. The summed E-state index contributed by atoms with van der Waals surface area (Å²) < 4.78 is 19.9. The van der Waals surface area contributed by atoms with Gasteiger partial charge in [-0.3, -0.25) is 4.79 Å². The number of benzene rings is 3. The minimum atomic E-state index is -0.305. The van der Waals surface area contributed by atoms with E-state index in [1.165, 1.54) is 4.68 Å². The lowest BCUT2D eigenvalue weighted by molar-refractivity contribution is 0.207. The Hall–Kier alpha value is -3.91. The second-order valence-corrected chi connectivity index (χ2v) is 9.24. The van der Waals surface area contributed by atoms with Crippen LogP contribution < -0.4 is 15.0 Å². The van der Waals surface area contributed by atoms with Crippen LogP contribution in [0.3, 0.4) is 0 Å². The molecule has 7 nitrogen and oxygen atoms in total. The lowest BCUT2D eigenvalue weighted by atomic mass is 10.2. The highest BCUT2D eigenvalue weighted by Crippen LogP contribution is 2.32. The highest BCUT2D eigenvalue weighted by molar-refractivity contribution is 9.10. The molecule has 0 saturated heterocycles. The van der Waals surface area contributed by atoms with Gasteiger partial charge in [0.1, 0.15) is 5.58 Å². The molecule has 0 unspecified atom stereocenters. The standard InChI is InChI=1S/C28H24BrN3O4/c1-4-17(2)35-26-18(8-7-11-24(26)34-3)16-30-32-27(31-22-10-6-5-9-21(22)28(32)33)25-15-19-14-20(29)12-13-23(19)36-25/h5-17H,4H2,1-3H3/t17-/m1/s1. The van der Waals surface area contributed by atoms with Crippen LogP contribution in [0.25, 0.3) is 33.5 Å². The van der Waals surface area contributed by atoms with Gasteiger partial charge in [-0.05, 0) is 61.9 Å². The van der Waals surface area contributed by atoms with Crippen LogP contribution in [-0.2, 0) is 0 Å². The molecule has 2 heterocycles. The first-order chi connectivity index (χ1) is 17.5. The molecule has 5 rings (SSSR count). The molecular formula is C28H24BrN3O4. The van der Waals surface area contributed by atoms with Gasteiger partial charge < -0.3 is 13.9 Å². The quantitative estimate of drug-likeness (QED) is 0.214. The van der Waals surface area contributed by atoms with E-state index in [0.717, 1.165) is 16.3 Å². The fourth-order valence-corrected chi connectivity index (χ4v) is 4.22. The molecule has 0 amide bonds. The monoisotopic (exact) mass is 545 g/mol. The minimum absolute atomic E-state index is 0.0241. The summed E-state index contributed by atoms with van der Waals surface area (Å²) in [7, 11) is 1.59. The average molecular weight is 546 g/mol. The molecule has 3 aromatic carbocycles. The SMILES string of the molecule is CC[C@@H](C)Oc1c(C=Nn2c(-c3cc4cc(Br)ccc4o3)nc3ccccc3c2=O)cccc1OC. The van der Waals surface area contributed by atoms with Crippen molar-refractivity contribution in [1.29, 1.82) is 0 Å². The predicted octanol–water partition coefficient (Wildman–Crippen LogP) is 6.64. The van der Waals surface area contributed by atoms with Crippen LogP contribution >= 0.6 is 15.9 Å². The molecule has 0 bridgehead atoms. The lowest BCUT2D eigenvalue weighted by Crippen LogP contribution is -2.20. The summed E-state index contributed by atoms with van der Waals surface area (Å²) in [5, 5.41) is 5.91. The summed E-state index contributed by atoms with van der Waals surface area (Å²) in [6, 6.07) is 20.3. The number of fused-ring (bicyclic) bond motifs is 2. The van der Waals surface area contributed by atoms with E-state index in [-0.39, 0.29) is 11.7 Å². The van der Waals surface area contributed by atoms with Crippen LogP contribution in [0.15, 0.2) is 85.5 Å². The van der Waals surface area contributed by atoms with Crippen LogP contribution in [-0.4, -0.2) is 29.1 Å². The first-order valence-electron chi connectivity index (χ1n) is 11.6. The third-order valence-electron chi connectivity index (χ3n) is 5.89. The van der Waals surface area contributed by atoms with E-state index < -0.39 is 0 Å². The molecule has 8 heteroatoms. The zero-order valence-corrected chi connectivity index (χ0v) is 21.7. The van der Waals surface area contributed by atoms with Crippen molar-refractivity contribution in [2.45, 2.75) is 26.4 Å². The fraction of sp³-hybridized carbons (Fsp3) is 0.179. The number of nitrogens with zero attached hydrogens (tertiary/aromatic N) is 3. The van der Waals surface area contributed by atoms with Crippen molar-refractivity contribution >= 4 is 44.0 Å².